The number of H-pyrrole nitrogens is 1. The van der Waals surface area contributed by atoms with Gasteiger partial charge in [0, 0.05) is 35.0 Å². The minimum Gasteiger partial charge on any atom is -0.309 e. The van der Waals surface area contributed by atoms with Crippen molar-refractivity contribution in [2.24, 2.45) is 0 Å². The van der Waals surface area contributed by atoms with Crippen molar-refractivity contribution in [2.75, 3.05) is 16.0 Å². The van der Waals surface area contributed by atoms with Gasteiger partial charge in [0.1, 0.15) is 0 Å². The number of urea groups is 1. The molecule has 0 saturated carbocycles. The Labute approximate surface area is 162 Å². The maximum absolute atomic E-state index is 12.2. The van der Waals surface area contributed by atoms with Gasteiger partial charge >= 0.3 is 6.03 Å². The minimum absolute atomic E-state index is 0.0520. The Morgan fingerprint density at radius 1 is 1.07 bits per heavy atom. The number of carbonyl (C=O) groups excluding carboxylic acids is 2. The van der Waals surface area contributed by atoms with Crippen molar-refractivity contribution in [3.63, 3.8) is 0 Å². The molecular weight excluding hydrogens is 354 g/mol. The molecule has 3 aromatic rings. The van der Waals surface area contributed by atoms with Crippen LogP contribution >= 0.6 is 0 Å². The number of hydrogen-bond donors (Lipinski definition) is 4. The first-order chi connectivity index (χ1) is 13.5. The van der Waals surface area contributed by atoms with Gasteiger partial charge in [-0.2, -0.15) is 5.10 Å². The summed E-state index contributed by atoms with van der Waals surface area (Å²) < 4.78 is 0. The molecule has 0 bridgehead atoms. The van der Waals surface area contributed by atoms with Gasteiger partial charge in [-0.05, 0) is 43.2 Å². The van der Waals surface area contributed by atoms with Crippen LogP contribution in [0, 0.1) is 13.8 Å². The number of aromatic amines is 1. The summed E-state index contributed by atoms with van der Waals surface area (Å²) in [5.74, 6) is 0.486. The summed E-state index contributed by atoms with van der Waals surface area (Å²) in [7, 11) is 0. The number of benzene rings is 2. The topological polar surface area (TPSA) is 98.9 Å². The second-order valence-corrected chi connectivity index (χ2v) is 6.93. The van der Waals surface area contributed by atoms with Crippen LogP contribution in [0.25, 0.3) is 0 Å². The molecule has 2 aromatic carbocycles. The van der Waals surface area contributed by atoms with E-state index in [2.05, 4.69) is 26.1 Å². The van der Waals surface area contributed by atoms with Gasteiger partial charge in [0.15, 0.2) is 5.82 Å². The Bertz CT molecular complexity index is 1040. The molecule has 7 nitrogen and oxygen atoms in total. The van der Waals surface area contributed by atoms with Crippen LogP contribution in [-0.2, 0) is 4.79 Å². The predicted molar refractivity (Wildman–Crippen MR) is 109 cm³/mol. The van der Waals surface area contributed by atoms with Crippen molar-refractivity contribution < 1.29 is 9.59 Å². The quantitative estimate of drug-likeness (QED) is 0.553. The zero-order valence-electron chi connectivity index (χ0n) is 15.7. The molecule has 1 atom stereocenters. The third kappa shape index (κ3) is 3.46. The lowest BCUT2D eigenvalue weighted by atomic mass is 9.86. The van der Waals surface area contributed by atoms with Crippen LogP contribution in [0.15, 0.2) is 48.5 Å². The van der Waals surface area contributed by atoms with Gasteiger partial charge in [-0.3, -0.25) is 9.89 Å². The highest BCUT2D eigenvalue weighted by molar-refractivity contribution is 6.00. The molecule has 4 N–H and O–H groups in total. The summed E-state index contributed by atoms with van der Waals surface area (Å²) in [5, 5.41) is 15.6. The molecule has 4 rings (SSSR count). The normalized spacial score (nSPS) is 15.5. The van der Waals surface area contributed by atoms with Crippen LogP contribution in [0.4, 0.5) is 22.0 Å². The molecular formula is C21H21N5O2. The summed E-state index contributed by atoms with van der Waals surface area (Å²) in [6, 6.07) is 14.9. The van der Waals surface area contributed by atoms with Crippen molar-refractivity contribution in [3.05, 3.63) is 70.9 Å². The van der Waals surface area contributed by atoms with E-state index in [9.17, 15) is 9.59 Å². The number of aryl methyl sites for hydroxylation is 2. The van der Waals surface area contributed by atoms with Crippen LogP contribution in [-0.4, -0.2) is 22.1 Å². The van der Waals surface area contributed by atoms with Gasteiger partial charge in [-0.1, -0.05) is 30.3 Å². The largest absolute Gasteiger partial charge is 0.323 e. The van der Waals surface area contributed by atoms with Gasteiger partial charge in [-0.15, -0.1) is 0 Å². The Balaban J connectivity index is 1.49. The monoisotopic (exact) mass is 375 g/mol. The molecule has 0 aliphatic carbocycles. The number of para-hydroxylation sites is 1. The first kappa shape index (κ1) is 17.8. The SMILES string of the molecule is Cc1ccccc1NC(=O)Nc1ccc(C2CC(=O)Nc3n[nH]c(C)c32)cc1. The van der Waals surface area contributed by atoms with E-state index in [1.54, 1.807) is 0 Å². The smallest absolute Gasteiger partial charge is 0.309 e. The van der Waals surface area contributed by atoms with Crippen LogP contribution in [0.3, 0.4) is 0 Å². The van der Waals surface area contributed by atoms with Gasteiger partial charge in [0.25, 0.3) is 0 Å². The van der Waals surface area contributed by atoms with Gasteiger partial charge < -0.3 is 16.0 Å². The van der Waals surface area contributed by atoms with Crippen LogP contribution in [0.2, 0.25) is 0 Å². The summed E-state index contributed by atoms with van der Waals surface area (Å²) in [4.78, 5) is 24.3. The van der Waals surface area contributed by atoms with E-state index in [1.807, 2.05) is 62.4 Å². The van der Waals surface area contributed by atoms with E-state index >= 15 is 0 Å². The maximum Gasteiger partial charge on any atom is 0.323 e. The number of anilines is 3. The highest BCUT2D eigenvalue weighted by Crippen LogP contribution is 2.38. The first-order valence-corrected chi connectivity index (χ1v) is 9.09. The lowest BCUT2D eigenvalue weighted by Crippen LogP contribution is -2.23. The first-order valence-electron chi connectivity index (χ1n) is 9.09. The van der Waals surface area contributed by atoms with E-state index in [4.69, 9.17) is 0 Å². The van der Waals surface area contributed by atoms with Gasteiger partial charge in [0.05, 0.1) is 0 Å². The van der Waals surface area contributed by atoms with Crippen molar-refractivity contribution in [2.45, 2.75) is 26.2 Å². The zero-order valence-corrected chi connectivity index (χ0v) is 15.7. The summed E-state index contributed by atoms with van der Waals surface area (Å²) in [6.07, 6.45) is 0.369. The summed E-state index contributed by atoms with van der Waals surface area (Å²) in [5.41, 5.74) is 5.41. The lowest BCUT2D eigenvalue weighted by molar-refractivity contribution is -0.116. The van der Waals surface area contributed by atoms with E-state index in [0.717, 1.165) is 28.1 Å². The van der Waals surface area contributed by atoms with Crippen LogP contribution in [0.1, 0.15) is 34.7 Å². The van der Waals surface area contributed by atoms with Crippen LogP contribution in [0.5, 0.6) is 0 Å². The fourth-order valence-electron chi connectivity index (χ4n) is 3.51. The fraction of sp³-hybridized carbons (Fsp3) is 0.190. The maximum atomic E-state index is 12.2. The Hall–Kier alpha value is -3.61. The molecule has 0 saturated heterocycles. The van der Waals surface area contributed by atoms with E-state index in [1.165, 1.54) is 0 Å². The third-order valence-electron chi connectivity index (χ3n) is 4.95. The molecule has 0 fully saturated rings. The fourth-order valence-corrected chi connectivity index (χ4v) is 3.51. The molecule has 2 heterocycles. The Kier molecular flexibility index (Phi) is 4.57. The summed E-state index contributed by atoms with van der Waals surface area (Å²) >= 11 is 0. The molecule has 1 unspecified atom stereocenters. The molecule has 142 valence electrons. The number of nitrogens with zero attached hydrogens (tertiary/aromatic N) is 1. The number of aromatic nitrogens is 2. The molecule has 3 amide bonds. The average molecular weight is 375 g/mol. The van der Waals surface area contributed by atoms with Crippen molar-refractivity contribution >= 4 is 29.1 Å². The molecule has 0 radical (unpaired) electrons. The second kappa shape index (κ2) is 7.19. The predicted octanol–water partition coefficient (Wildman–Crippen LogP) is 4.14. The van der Waals surface area contributed by atoms with E-state index in [0.29, 0.717) is 17.9 Å². The van der Waals surface area contributed by atoms with Crippen LogP contribution < -0.4 is 16.0 Å². The average Bonchev–Trinajstić information content (AvgIpc) is 3.04. The van der Waals surface area contributed by atoms with Crippen molar-refractivity contribution in [1.82, 2.24) is 10.2 Å². The molecule has 1 aromatic heterocycles. The van der Waals surface area contributed by atoms with E-state index in [-0.39, 0.29) is 17.9 Å². The molecule has 0 spiro atoms. The van der Waals surface area contributed by atoms with Crippen molar-refractivity contribution in [3.8, 4) is 0 Å². The zero-order chi connectivity index (χ0) is 19.7. The molecule has 7 heteroatoms. The Morgan fingerprint density at radius 3 is 2.57 bits per heavy atom. The third-order valence-corrected chi connectivity index (χ3v) is 4.95. The van der Waals surface area contributed by atoms with E-state index < -0.39 is 0 Å². The second-order valence-electron chi connectivity index (χ2n) is 6.93. The minimum atomic E-state index is -0.299. The highest BCUT2D eigenvalue weighted by Gasteiger charge is 2.30. The standard InChI is InChI=1S/C21H21N5O2/c1-12-5-3-4-6-17(12)23-21(28)22-15-9-7-14(8-10-15)16-11-18(27)24-20-19(16)13(2)25-26-20/h3-10,16H,11H2,1-2H3,(H2,22,23,28)(H2,24,25,26,27). The summed E-state index contributed by atoms with van der Waals surface area (Å²) in [6.45, 7) is 3.89. The number of nitrogens with one attached hydrogen (secondary N) is 4. The van der Waals surface area contributed by atoms with Gasteiger partial charge in [0.2, 0.25) is 5.91 Å². The Morgan fingerprint density at radius 2 is 1.82 bits per heavy atom. The number of fused-ring (bicyclic) bond motifs is 1. The highest BCUT2D eigenvalue weighted by atomic mass is 16.2. The number of amides is 3. The van der Waals surface area contributed by atoms with Gasteiger partial charge in [-0.25, -0.2) is 4.79 Å². The molecule has 1 aliphatic heterocycles. The van der Waals surface area contributed by atoms with Crippen molar-refractivity contribution in [1.29, 1.82) is 0 Å². The number of rotatable bonds is 3. The molecule has 28 heavy (non-hydrogen) atoms. The lowest BCUT2D eigenvalue weighted by Gasteiger charge is -2.23. The number of hydrogen-bond acceptors (Lipinski definition) is 3. The number of carbonyl (C=O) groups is 2. The molecule has 1 aliphatic rings.